The van der Waals surface area contributed by atoms with E-state index in [0.717, 1.165) is 5.39 Å². The summed E-state index contributed by atoms with van der Waals surface area (Å²) in [5.74, 6) is 0. The van der Waals surface area contributed by atoms with Crippen molar-refractivity contribution in [2.24, 2.45) is 7.05 Å². The third-order valence-electron chi connectivity index (χ3n) is 2.13. The number of nitro benzene ring substituents is 1. The molecule has 0 spiro atoms. The maximum atomic E-state index is 10.7. The number of benzene rings is 1. The minimum Gasteiger partial charge on any atom is -0.726 e. The fraction of sp³-hybridized carbons (Fsp3) is 0.100. The maximum Gasteiger partial charge on any atom is 0.277 e. The molecule has 1 aromatic carbocycles. The van der Waals surface area contributed by atoms with Gasteiger partial charge in [0.1, 0.15) is 7.05 Å². The Hall–Kier alpha value is -2.10. The topological polar surface area (TPSA) is 124 Å². The van der Waals surface area contributed by atoms with Gasteiger partial charge in [0.25, 0.3) is 5.69 Å². The van der Waals surface area contributed by atoms with E-state index in [-0.39, 0.29) is 10.6 Å². The minimum absolute atomic E-state index is 0.156. The monoisotopic (exact) mass is 286 g/mol. The van der Waals surface area contributed by atoms with E-state index in [1.807, 2.05) is 23.9 Å². The van der Waals surface area contributed by atoms with Crippen molar-refractivity contribution in [3.8, 4) is 0 Å². The van der Waals surface area contributed by atoms with Crippen molar-refractivity contribution >= 4 is 26.9 Å². The van der Waals surface area contributed by atoms with Gasteiger partial charge in [-0.15, -0.1) is 0 Å². The van der Waals surface area contributed by atoms with Gasteiger partial charge in [-0.1, -0.05) is 6.07 Å². The van der Waals surface area contributed by atoms with Gasteiger partial charge in [-0.3, -0.25) is 14.7 Å². The molecule has 1 aromatic heterocycles. The Morgan fingerprint density at radius 2 is 1.89 bits per heavy atom. The molecular weight excluding hydrogens is 276 g/mol. The normalized spacial score (nSPS) is 10.7. The molecule has 0 saturated heterocycles. The summed E-state index contributed by atoms with van der Waals surface area (Å²) in [6, 6.07) is 6.83. The highest BCUT2D eigenvalue weighted by Crippen LogP contribution is 2.23. The van der Waals surface area contributed by atoms with Crippen LogP contribution in [0, 0.1) is 10.1 Å². The molecule has 8 nitrogen and oxygen atoms in total. The Morgan fingerprint density at radius 1 is 1.32 bits per heavy atom. The van der Waals surface area contributed by atoms with Gasteiger partial charge in [0.15, 0.2) is 12.4 Å². The Balaban J connectivity index is 0.000000312. The van der Waals surface area contributed by atoms with Gasteiger partial charge in [-0.05, 0) is 6.07 Å². The van der Waals surface area contributed by atoms with Gasteiger partial charge in [0.05, 0.1) is 15.7 Å². The highest BCUT2D eigenvalue weighted by atomic mass is 32.3. The number of aryl methyl sites for hydroxylation is 1. The first-order valence-corrected chi connectivity index (χ1v) is 6.25. The lowest BCUT2D eigenvalue weighted by Gasteiger charge is -1.96. The molecule has 9 heteroatoms. The molecule has 0 amide bonds. The standard InChI is InChI=1S/C10H9N2O2.H2O4S/c1-11-6-5-9-8(7-11)3-2-4-10(9)12(13)14;1-5(2,3)4/h2-7H,1H3;(H2,1,2,3,4)/q+1;/p-1. The largest absolute Gasteiger partial charge is 0.726 e. The number of aromatic nitrogens is 1. The van der Waals surface area contributed by atoms with Gasteiger partial charge in [0, 0.05) is 12.1 Å². The van der Waals surface area contributed by atoms with Crippen molar-refractivity contribution in [2.45, 2.75) is 0 Å². The zero-order valence-electron chi connectivity index (χ0n) is 9.76. The SMILES string of the molecule is C[n+]1ccc2c([N+](=O)[O-])cccc2c1.O=S(=O)([O-])O. The third-order valence-corrected chi connectivity index (χ3v) is 2.13. The van der Waals surface area contributed by atoms with E-state index < -0.39 is 10.4 Å². The summed E-state index contributed by atoms with van der Waals surface area (Å²) in [5, 5.41) is 12.3. The van der Waals surface area contributed by atoms with Gasteiger partial charge in [0.2, 0.25) is 10.4 Å². The van der Waals surface area contributed by atoms with Gasteiger partial charge < -0.3 is 4.55 Å². The van der Waals surface area contributed by atoms with Crippen molar-refractivity contribution < 1.29 is 27.0 Å². The number of nitrogens with zero attached hydrogens (tertiary/aromatic N) is 2. The number of hydrogen-bond acceptors (Lipinski definition) is 5. The molecule has 0 saturated carbocycles. The first-order valence-electron chi connectivity index (χ1n) is 4.89. The predicted octanol–water partition coefficient (Wildman–Crippen LogP) is 0.577. The maximum absolute atomic E-state index is 10.7. The van der Waals surface area contributed by atoms with Crippen LogP contribution < -0.4 is 4.57 Å². The van der Waals surface area contributed by atoms with Crippen LogP contribution in [0.5, 0.6) is 0 Å². The lowest BCUT2D eigenvalue weighted by Crippen LogP contribution is -2.25. The molecular formula is C10H10N2O6S. The fourth-order valence-corrected chi connectivity index (χ4v) is 1.48. The van der Waals surface area contributed by atoms with E-state index >= 15 is 0 Å². The van der Waals surface area contributed by atoms with Gasteiger partial charge in [-0.25, -0.2) is 13.0 Å². The van der Waals surface area contributed by atoms with Crippen molar-refractivity contribution in [1.29, 1.82) is 0 Å². The molecule has 0 fully saturated rings. The molecule has 1 heterocycles. The van der Waals surface area contributed by atoms with Gasteiger partial charge >= 0.3 is 0 Å². The van der Waals surface area contributed by atoms with Crippen LogP contribution in [0.25, 0.3) is 10.8 Å². The van der Waals surface area contributed by atoms with Crippen LogP contribution in [-0.2, 0) is 17.4 Å². The molecule has 2 aromatic rings. The average molecular weight is 286 g/mol. The van der Waals surface area contributed by atoms with E-state index in [2.05, 4.69) is 0 Å². The number of rotatable bonds is 1. The smallest absolute Gasteiger partial charge is 0.277 e. The molecule has 0 radical (unpaired) electrons. The Labute approximate surface area is 108 Å². The summed E-state index contributed by atoms with van der Waals surface area (Å²) in [7, 11) is -3.03. The number of pyridine rings is 1. The molecule has 19 heavy (non-hydrogen) atoms. The van der Waals surface area contributed by atoms with Crippen LogP contribution in [-0.4, -0.2) is 22.4 Å². The van der Waals surface area contributed by atoms with Crippen molar-refractivity contribution in [3.63, 3.8) is 0 Å². The first kappa shape index (κ1) is 15.0. The van der Waals surface area contributed by atoms with Crippen molar-refractivity contribution in [2.75, 3.05) is 0 Å². The summed E-state index contributed by atoms with van der Waals surface area (Å²) >= 11 is 0. The molecule has 0 bridgehead atoms. The molecule has 2 rings (SSSR count). The van der Waals surface area contributed by atoms with E-state index in [1.165, 1.54) is 6.07 Å². The lowest BCUT2D eigenvalue weighted by molar-refractivity contribution is -0.670. The van der Waals surface area contributed by atoms with Crippen LogP contribution in [0.4, 0.5) is 5.69 Å². The molecule has 0 aliphatic rings. The lowest BCUT2D eigenvalue weighted by atomic mass is 10.1. The van der Waals surface area contributed by atoms with Gasteiger partial charge in [-0.2, -0.15) is 0 Å². The molecule has 1 N–H and O–H groups in total. The van der Waals surface area contributed by atoms with E-state index in [0.29, 0.717) is 5.39 Å². The fourth-order valence-electron chi connectivity index (χ4n) is 1.48. The zero-order chi connectivity index (χ0) is 14.6. The van der Waals surface area contributed by atoms with E-state index in [4.69, 9.17) is 17.5 Å². The zero-order valence-corrected chi connectivity index (χ0v) is 10.6. The van der Waals surface area contributed by atoms with Crippen molar-refractivity contribution in [1.82, 2.24) is 0 Å². The summed E-state index contributed by atoms with van der Waals surface area (Å²) in [6.07, 6.45) is 3.66. The van der Waals surface area contributed by atoms with Crippen LogP contribution >= 0.6 is 0 Å². The molecule has 0 unspecified atom stereocenters. The molecule has 102 valence electrons. The summed E-state index contributed by atoms with van der Waals surface area (Å²) in [5.41, 5.74) is 0.156. The second-order valence-corrected chi connectivity index (χ2v) is 4.43. The second kappa shape index (κ2) is 5.69. The number of nitro groups is 1. The minimum atomic E-state index is -4.92. The quantitative estimate of drug-likeness (QED) is 0.269. The number of fused-ring (bicyclic) bond motifs is 1. The van der Waals surface area contributed by atoms with Crippen LogP contribution in [0.1, 0.15) is 0 Å². The Morgan fingerprint density at radius 3 is 2.42 bits per heavy atom. The Bertz CT molecular complexity index is 705. The molecule has 0 aliphatic heterocycles. The third kappa shape index (κ3) is 4.95. The number of hydrogen-bond donors (Lipinski definition) is 1. The van der Waals surface area contributed by atoms with E-state index in [9.17, 15) is 10.1 Å². The highest BCUT2D eigenvalue weighted by Gasteiger charge is 2.12. The summed E-state index contributed by atoms with van der Waals surface area (Å²) < 4.78 is 34.7. The number of non-ortho nitro benzene ring substituents is 1. The van der Waals surface area contributed by atoms with Crippen LogP contribution in [0.15, 0.2) is 36.7 Å². The summed E-state index contributed by atoms with van der Waals surface area (Å²) in [6.45, 7) is 0. The second-order valence-electron chi connectivity index (χ2n) is 3.58. The van der Waals surface area contributed by atoms with Crippen LogP contribution in [0.3, 0.4) is 0 Å². The average Bonchev–Trinajstić information content (AvgIpc) is 2.25. The Kier molecular flexibility index (Phi) is 4.48. The molecule has 0 aliphatic carbocycles. The van der Waals surface area contributed by atoms with E-state index in [1.54, 1.807) is 18.3 Å². The highest BCUT2D eigenvalue weighted by molar-refractivity contribution is 7.79. The first-order chi connectivity index (χ1) is 8.68. The molecule has 0 atom stereocenters. The van der Waals surface area contributed by atoms with Crippen molar-refractivity contribution in [3.05, 3.63) is 46.8 Å². The summed E-state index contributed by atoms with van der Waals surface area (Å²) in [4.78, 5) is 10.3. The van der Waals surface area contributed by atoms with Crippen LogP contribution in [0.2, 0.25) is 0 Å². The predicted molar refractivity (Wildman–Crippen MR) is 64.1 cm³/mol.